The summed E-state index contributed by atoms with van der Waals surface area (Å²) in [4.78, 5) is 13.6. The van der Waals surface area contributed by atoms with Gasteiger partial charge in [0, 0.05) is 7.05 Å². The van der Waals surface area contributed by atoms with E-state index in [1.54, 1.807) is 14.0 Å². The number of anilines is 1. The zero-order valence-corrected chi connectivity index (χ0v) is 8.98. The van der Waals surface area contributed by atoms with E-state index in [1.165, 1.54) is 12.1 Å². The fraction of sp³-hybridized carbons (Fsp3) is 0.300. The van der Waals surface area contributed by atoms with Crippen LogP contribution in [0.2, 0.25) is 0 Å². The summed E-state index contributed by atoms with van der Waals surface area (Å²) in [5.41, 5.74) is 0.442. The molecule has 0 bridgehead atoms. The molecule has 1 aromatic carbocycles. The zero-order valence-electron chi connectivity index (χ0n) is 8.98. The number of hydrogen-bond donors (Lipinski definition) is 1. The fourth-order valence-corrected chi connectivity index (χ4v) is 1.30. The van der Waals surface area contributed by atoms with Crippen molar-refractivity contribution in [1.29, 1.82) is 0 Å². The van der Waals surface area contributed by atoms with Gasteiger partial charge in [0.15, 0.2) is 11.4 Å². The van der Waals surface area contributed by atoms with Gasteiger partial charge < -0.3 is 10.1 Å². The van der Waals surface area contributed by atoms with Gasteiger partial charge in [-0.05, 0) is 19.1 Å². The van der Waals surface area contributed by atoms with Crippen molar-refractivity contribution in [1.82, 2.24) is 0 Å². The van der Waals surface area contributed by atoms with E-state index >= 15 is 0 Å². The molecule has 6 nitrogen and oxygen atoms in total. The maximum atomic E-state index is 10.9. The molecule has 0 spiro atoms. The summed E-state index contributed by atoms with van der Waals surface area (Å²) < 4.78 is 5.16. The second-order valence-corrected chi connectivity index (χ2v) is 2.89. The lowest BCUT2D eigenvalue weighted by atomic mass is 10.2. The van der Waals surface area contributed by atoms with Crippen LogP contribution in [-0.2, 0) is 0 Å². The van der Waals surface area contributed by atoms with E-state index in [9.17, 15) is 10.1 Å². The molecule has 0 aliphatic carbocycles. The van der Waals surface area contributed by atoms with Crippen LogP contribution >= 0.6 is 0 Å². The van der Waals surface area contributed by atoms with E-state index in [2.05, 4.69) is 10.2 Å². The zero-order chi connectivity index (χ0) is 12.1. The number of benzene rings is 1. The average Bonchev–Trinajstić information content (AvgIpc) is 2.27. The summed E-state index contributed by atoms with van der Waals surface area (Å²) in [7, 11) is 1.56. The van der Waals surface area contributed by atoms with Crippen molar-refractivity contribution in [2.24, 2.45) is 0 Å². The van der Waals surface area contributed by atoms with E-state index < -0.39 is 4.92 Å². The molecule has 0 heterocycles. The topological polar surface area (TPSA) is 68.8 Å². The Hall–Kier alpha value is -2.29. The smallest absolute Gasteiger partial charge is 0.331 e. The first kappa shape index (κ1) is 11.8. The molecule has 0 radical (unpaired) electrons. The highest BCUT2D eigenvalue weighted by atomic mass is 16.6. The van der Waals surface area contributed by atoms with Gasteiger partial charge >= 0.3 is 5.69 Å². The number of rotatable bonds is 4. The SMILES string of the molecule is [C-]#[N+]c1cc(NC)c([N+](=O)[O-])c(OCC)c1. The van der Waals surface area contributed by atoms with E-state index in [-0.39, 0.29) is 17.1 Å². The molecule has 16 heavy (non-hydrogen) atoms. The Bertz CT molecular complexity index is 451. The minimum absolute atomic E-state index is 0.116. The van der Waals surface area contributed by atoms with Crippen LogP contribution in [0.15, 0.2) is 12.1 Å². The molecule has 0 atom stereocenters. The number of nitro benzene ring substituents is 1. The number of nitrogens with one attached hydrogen (secondary N) is 1. The third-order valence-electron chi connectivity index (χ3n) is 1.94. The standard InChI is InChI=1S/C10H11N3O3/c1-4-16-9-6-7(11-2)5-8(12-3)10(9)13(14)15/h5-6,12H,4H2,1,3H3. The second kappa shape index (κ2) is 4.98. The van der Waals surface area contributed by atoms with Gasteiger partial charge in [-0.1, -0.05) is 0 Å². The van der Waals surface area contributed by atoms with Crippen molar-refractivity contribution in [3.8, 4) is 5.75 Å². The molecule has 1 rings (SSSR count). The van der Waals surface area contributed by atoms with E-state index in [0.29, 0.717) is 12.3 Å². The molecule has 84 valence electrons. The van der Waals surface area contributed by atoms with Crippen LogP contribution in [0.25, 0.3) is 4.85 Å². The predicted octanol–water partition coefficient (Wildman–Crippen LogP) is 2.59. The quantitative estimate of drug-likeness (QED) is 0.482. The molecule has 0 saturated heterocycles. The van der Waals surface area contributed by atoms with Gasteiger partial charge in [0.1, 0.15) is 5.69 Å². The second-order valence-electron chi connectivity index (χ2n) is 2.89. The largest absolute Gasteiger partial charge is 0.488 e. The molecule has 1 aromatic rings. The first-order valence-corrected chi connectivity index (χ1v) is 4.64. The molecule has 0 amide bonds. The predicted molar refractivity (Wildman–Crippen MR) is 60.1 cm³/mol. The Balaban J connectivity index is 3.42. The molecule has 0 fully saturated rings. The normalized spacial score (nSPS) is 9.31. The lowest BCUT2D eigenvalue weighted by molar-refractivity contribution is -0.384. The Morgan fingerprint density at radius 1 is 1.62 bits per heavy atom. The van der Waals surface area contributed by atoms with Crippen LogP contribution in [0.1, 0.15) is 6.92 Å². The summed E-state index contributed by atoms with van der Waals surface area (Å²) in [6.07, 6.45) is 0. The summed E-state index contributed by atoms with van der Waals surface area (Å²) >= 11 is 0. The highest BCUT2D eigenvalue weighted by Crippen LogP contribution is 2.38. The molecule has 0 saturated carbocycles. The van der Waals surface area contributed by atoms with Crippen LogP contribution in [-0.4, -0.2) is 18.6 Å². The Kier molecular flexibility index (Phi) is 3.67. The van der Waals surface area contributed by atoms with Gasteiger partial charge in [-0.2, -0.15) is 0 Å². The van der Waals surface area contributed by atoms with Gasteiger partial charge in [-0.15, -0.1) is 0 Å². The lowest BCUT2D eigenvalue weighted by Crippen LogP contribution is -2.01. The van der Waals surface area contributed by atoms with E-state index in [1.807, 2.05) is 0 Å². The van der Waals surface area contributed by atoms with Crippen LogP contribution in [0, 0.1) is 16.7 Å². The molecule has 0 aliphatic heterocycles. The molecule has 0 aromatic heterocycles. The summed E-state index contributed by atoms with van der Waals surface area (Å²) in [5.74, 6) is 0.116. The summed E-state index contributed by atoms with van der Waals surface area (Å²) in [5, 5.41) is 13.6. The highest BCUT2D eigenvalue weighted by molar-refractivity contribution is 5.75. The minimum atomic E-state index is -0.523. The monoisotopic (exact) mass is 221 g/mol. The Morgan fingerprint density at radius 3 is 2.75 bits per heavy atom. The Morgan fingerprint density at radius 2 is 2.31 bits per heavy atom. The van der Waals surface area contributed by atoms with Crippen molar-refractivity contribution in [2.75, 3.05) is 19.0 Å². The van der Waals surface area contributed by atoms with Crippen molar-refractivity contribution in [2.45, 2.75) is 6.92 Å². The third kappa shape index (κ3) is 2.20. The molecule has 0 unspecified atom stereocenters. The number of nitro groups is 1. The van der Waals surface area contributed by atoms with Crippen molar-refractivity contribution < 1.29 is 9.66 Å². The first-order valence-electron chi connectivity index (χ1n) is 4.64. The molecular formula is C10H11N3O3. The van der Waals surface area contributed by atoms with Crippen LogP contribution in [0.4, 0.5) is 17.1 Å². The van der Waals surface area contributed by atoms with E-state index in [4.69, 9.17) is 11.3 Å². The van der Waals surface area contributed by atoms with Crippen molar-refractivity contribution in [3.63, 3.8) is 0 Å². The summed E-state index contributed by atoms with van der Waals surface area (Å²) in [6.45, 7) is 8.93. The molecule has 1 N–H and O–H groups in total. The Labute approximate surface area is 92.8 Å². The van der Waals surface area contributed by atoms with Gasteiger partial charge in [0.2, 0.25) is 0 Å². The van der Waals surface area contributed by atoms with Crippen LogP contribution < -0.4 is 10.1 Å². The third-order valence-corrected chi connectivity index (χ3v) is 1.94. The molecule has 0 aliphatic rings. The molecular weight excluding hydrogens is 210 g/mol. The number of hydrogen-bond acceptors (Lipinski definition) is 4. The lowest BCUT2D eigenvalue weighted by Gasteiger charge is -2.08. The van der Waals surface area contributed by atoms with Crippen LogP contribution in [0.5, 0.6) is 5.75 Å². The van der Waals surface area contributed by atoms with Crippen molar-refractivity contribution >= 4 is 17.1 Å². The average molecular weight is 221 g/mol. The summed E-state index contributed by atoms with van der Waals surface area (Å²) in [6, 6.07) is 2.79. The first-order chi connectivity index (χ1) is 7.63. The van der Waals surface area contributed by atoms with Gasteiger partial charge in [-0.3, -0.25) is 10.1 Å². The number of nitrogens with zero attached hydrogens (tertiary/aromatic N) is 2. The minimum Gasteiger partial charge on any atom is -0.488 e. The van der Waals surface area contributed by atoms with Gasteiger partial charge in [0.25, 0.3) is 0 Å². The maximum Gasteiger partial charge on any atom is 0.331 e. The highest BCUT2D eigenvalue weighted by Gasteiger charge is 2.21. The maximum absolute atomic E-state index is 10.9. The van der Waals surface area contributed by atoms with Gasteiger partial charge in [-0.25, -0.2) is 4.85 Å². The number of ether oxygens (including phenoxy) is 1. The van der Waals surface area contributed by atoms with Crippen molar-refractivity contribution in [3.05, 3.63) is 33.7 Å². The molecule has 6 heteroatoms. The van der Waals surface area contributed by atoms with Crippen LogP contribution in [0.3, 0.4) is 0 Å². The van der Waals surface area contributed by atoms with E-state index in [0.717, 1.165) is 0 Å². The fourth-order valence-electron chi connectivity index (χ4n) is 1.30. The van der Waals surface area contributed by atoms with Gasteiger partial charge in [0.05, 0.1) is 18.1 Å².